The molecule has 0 spiro atoms. The summed E-state index contributed by atoms with van der Waals surface area (Å²) in [6.07, 6.45) is 5.35. The third-order valence-corrected chi connectivity index (χ3v) is 3.44. The van der Waals surface area contributed by atoms with Crippen molar-refractivity contribution in [2.75, 3.05) is 0 Å². The summed E-state index contributed by atoms with van der Waals surface area (Å²) in [5, 5.41) is 3.27. The van der Waals surface area contributed by atoms with Crippen molar-refractivity contribution in [3.05, 3.63) is 58.1 Å². The van der Waals surface area contributed by atoms with E-state index >= 15 is 0 Å². The van der Waals surface area contributed by atoms with Gasteiger partial charge in [-0.15, -0.1) is 0 Å². The maximum absolute atomic E-state index is 13.5. The molecule has 0 atom stereocenters. The highest BCUT2D eigenvalue weighted by molar-refractivity contribution is 9.10. The number of hydrogen-bond acceptors (Lipinski definition) is 1. The topological polar surface area (TPSA) is 17.0 Å². The molecule has 1 aromatic heterocycles. The quantitative estimate of drug-likeness (QED) is 0.846. The van der Waals surface area contributed by atoms with Gasteiger partial charge in [-0.2, -0.15) is 0 Å². The van der Waals surface area contributed by atoms with Crippen molar-refractivity contribution in [3.8, 4) is 0 Å². The molecule has 1 N–H and O–H groups in total. The average Bonchev–Trinajstić information content (AvgIpc) is 2.82. The lowest BCUT2D eigenvalue weighted by atomic mass is 10.2. The second kappa shape index (κ2) is 6.87. The van der Waals surface area contributed by atoms with Crippen molar-refractivity contribution >= 4 is 15.9 Å². The number of hydrogen-bond donors (Lipinski definition) is 1. The Morgan fingerprint density at radius 3 is 2.89 bits per heavy atom. The van der Waals surface area contributed by atoms with E-state index in [-0.39, 0.29) is 5.82 Å². The van der Waals surface area contributed by atoms with Gasteiger partial charge in [0.05, 0.1) is 0 Å². The molecule has 0 fully saturated rings. The highest BCUT2D eigenvalue weighted by Gasteiger charge is 2.03. The Balaban J connectivity index is 1.87. The van der Waals surface area contributed by atoms with Gasteiger partial charge in [-0.3, -0.25) is 0 Å². The molecule has 2 aromatic rings. The summed E-state index contributed by atoms with van der Waals surface area (Å²) < 4.78 is 16.6. The van der Waals surface area contributed by atoms with Crippen molar-refractivity contribution < 1.29 is 4.39 Å². The highest BCUT2D eigenvalue weighted by Crippen LogP contribution is 2.15. The average molecular weight is 325 g/mol. The largest absolute Gasteiger partial charge is 0.354 e. The smallest absolute Gasteiger partial charge is 0.127 e. The fourth-order valence-electron chi connectivity index (χ4n) is 2.01. The SMILES string of the molecule is CCCn1ccc(CNCc2cc(Br)ccc2F)c1. The lowest BCUT2D eigenvalue weighted by Gasteiger charge is -2.06. The molecule has 0 amide bonds. The van der Waals surface area contributed by atoms with Gasteiger partial charge in [-0.1, -0.05) is 22.9 Å². The molecule has 0 aliphatic rings. The van der Waals surface area contributed by atoms with Gasteiger partial charge in [0.15, 0.2) is 0 Å². The number of nitrogens with one attached hydrogen (secondary N) is 1. The molecule has 102 valence electrons. The number of halogens is 2. The second-order valence-corrected chi connectivity index (χ2v) is 5.51. The first-order valence-electron chi connectivity index (χ1n) is 6.48. The molecular weight excluding hydrogens is 307 g/mol. The molecule has 0 saturated heterocycles. The first kappa shape index (κ1) is 14.3. The van der Waals surface area contributed by atoms with Crippen LogP contribution in [0.4, 0.5) is 4.39 Å². The Morgan fingerprint density at radius 2 is 2.11 bits per heavy atom. The molecule has 0 aliphatic heterocycles. The van der Waals surface area contributed by atoms with Crippen LogP contribution in [0, 0.1) is 5.82 Å². The van der Waals surface area contributed by atoms with Crippen LogP contribution < -0.4 is 5.32 Å². The van der Waals surface area contributed by atoms with Crippen LogP contribution in [-0.4, -0.2) is 4.57 Å². The van der Waals surface area contributed by atoms with Gasteiger partial charge >= 0.3 is 0 Å². The van der Waals surface area contributed by atoms with Gasteiger partial charge in [0.2, 0.25) is 0 Å². The summed E-state index contributed by atoms with van der Waals surface area (Å²) in [5.74, 6) is -0.167. The second-order valence-electron chi connectivity index (χ2n) is 4.60. The maximum atomic E-state index is 13.5. The van der Waals surface area contributed by atoms with Crippen molar-refractivity contribution in [1.82, 2.24) is 9.88 Å². The van der Waals surface area contributed by atoms with Gasteiger partial charge < -0.3 is 9.88 Å². The van der Waals surface area contributed by atoms with Crippen LogP contribution in [0.3, 0.4) is 0 Å². The van der Waals surface area contributed by atoms with Crippen LogP contribution in [0.1, 0.15) is 24.5 Å². The first-order valence-corrected chi connectivity index (χ1v) is 7.27. The zero-order valence-electron chi connectivity index (χ0n) is 11.0. The summed E-state index contributed by atoms with van der Waals surface area (Å²) in [6, 6.07) is 7.10. The molecule has 1 heterocycles. The Morgan fingerprint density at radius 1 is 1.26 bits per heavy atom. The van der Waals surface area contributed by atoms with Crippen LogP contribution in [0.5, 0.6) is 0 Å². The lowest BCUT2D eigenvalue weighted by Crippen LogP contribution is -2.13. The summed E-state index contributed by atoms with van der Waals surface area (Å²) in [4.78, 5) is 0. The predicted molar refractivity (Wildman–Crippen MR) is 79.4 cm³/mol. The highest BCUT2D eigenvalue weighted by atomic mass is 79.9. The van der Waals surface area contributed by atoms with E-state index in [2.05, 4.69) is 51.2 Å². The number of aromatic nitrogens is 1. The monoisotopic (exact) mass is 324 g/mol. The first-order chi connectivity index (χ1) is 9.19. The minimum Gasteiger partial charge on any atom is -0.354 e. The summed E-state index contributed by atoms with van der Waals surface area (Å²) >= 11 is 3.36. The van der Waals surface area contributed by atoms with Crippen LogP contribution >= 0.6 is 15.9 Å². The van der Waals surface area contributed by atoms with Gasteiger partial charge in [-0.05, 0) is 36.2 Å². The molecule has 1 aromatic carbocycles. The molecule has 2 nitrogen and oxygen atoms in total. The van der Waals surface area contributed by atoms with E-state index in [4.69, 9.17) is 0 Å². The standard InChI is InChI=1S/C15H18BrFN2/c1-2-6-19-7-5-12(11-19)9-18-10-13-8-14(16)3-4-15(13)17/h3-5,7-8,11,18H,2,6,9-10H2,1H3. The maximum Gasteiger partial charge on any atom is 0.127 e. The van der Waals surface area contributed by atoms with E-state index in [1.54, 1.807) is 6.07 Å². The fourth-order valence-corrected chi connectivity index (χ4v) is 2.42. The number of benzene rings is 1. The van der Waals surface area contributed by atoms with Crippen molar-refractivity contribution in [3.63, 3.8) is 0 Å². The molecule has 0 saturated carbocycles. The molecule has 4 heteroatoms. The minimum atomic E-state index is -0.167. The predicted octanol–water partition coefficient (Wildman–Crippen LogP) is 4.09. The lowest BCUT2D eigenvalue weighted by molar-refractivity contribution is 0.587. The van der Waals surface area contributed by atoms with E-state index in [1.165, 1.54) is 11.6 Å². The van der Waals surface area contributed by atoms with Crippen LogP contribution in [0.25, 0.3) is 0 Å². The molecule has 0 radical (unpaired) electrons. The van der Waals surface area contributed by atoms with Gasteiger partial charge in [0.25, 0.3) is 0 Å². The molecule has 2 rings (SSSR count). The minimum absolute atomic E-state index is 0.167. The zero-order valence-corrected chi connectivity index (χ0v) is 12.6. The number of rotatable bonds is 6. The van der Waals surface area contributed by atoms with E-state index < -0.39 is 0 Å². The molecule has 0 bridgehead atoms. The molecule has 19 heavy (non-hydrogen) atoms. The van der Waals surface area contributed by atoms with E-state index in [9.17, 15) is 4.39 Å². The van der Waals surface area contributed by atoms with E-state index in [1.807, 2.05) is 6.07 Å². The van der Waals surface area contributed by atoms with Crippen molar-refractivity contribution in [1.29, 1.82) is 0 Å². The van der Waals surface area contributed by atoms with Crippen LogP contribution in [0.2, 0.25) is 0 Å². The van der Waals surface area contributed by atoms with Gasteiger partial charge in [0.1, 0.15) is 5.82 Å². The van der Waals surface area contributed by atoms with Crippen LogP contribution in [0.15, 0.2) is 41.1 Å². The molecule has 0 aliphatic carbocycles. The third kappa shape index (κ3) is 4.18. The van der Waals surface area contributed by atoms with Gasteiger partial charge in [0, 0.05) is 42.1 Å². The van der Waals surface area contributed by atoms with E-state index in [0.717, 1.165) is 24.0 Å². The van der Waals surface area contributed by atoms with Crippen molar-refractivity contribution in [2.24, 2.45) is 0 Å². The fraction of sp³-hybridized carbons (Fsp3) is 0.333. The zero-order chi connectivity index (χ0) is 13.7. The van der Waals surface area contributed by atoms with Crippen LogP contribution in [-0.2, 0) is 19.6 Å². The summed E-state index contributed by atoms with van der Waals surface area (Å²) in [7, 11) is 0. The number of nitrogens with zero attached hydrogens (tertiary/aromatic N) is 1. The Kier molecular flexibility index (Phi) is 5.16. The Bertz CT molecular complexity index is 537. The Hall–Kier alpha value is -1.13. The molecule has 0 unspecified atom stereocenters. The normalized spacial score (nSPS) is 10.9. The third-order valence-electron chi connectivity index (χ3n) is 2.95. The van der Waals surface area contributed by atoms with E-state index in [0.29, 0.717) is 12.1 Å². The number of aryl methyl sites for hydroxylation is 1. The summed E-state index contributed by atoms with van der Waals surface area (Å²) in [6.45, 7) is 4.49. The summed E-state index contributed by atoms with van der Waals surface area (Å²) in [5.41, 5.74) is 1.91. The Labute approximate surface area is 121 Å². The molecular formula is C15H18BrFN2. The van der Waals surface area contributed by atoms with Gasteiger partial charge in [-0.25, -0.2) is 4.39 Å². The van der Waals surface area contributed by atoms with Crippen molar-refractivity contribution in [2.45, 2.75) is 33.0 Å².